The summed E-state index contributed by atoms with van der Waals surface area (Å²) in [6.07, 6.45) is 1.61. The summed E-state index contributed by atoms with van der Waals surface area (Å²) < 4.78 is 8.10. The highest BCUT2D eigenvalue weighted by molar-refractivity contribution is 7.16. The molecule has 28 heavy (non-hydrogen) atoms. The minimum Gasteiger partial charge on any atom is -0.467 e. The number of furan rings is 1. The Kier molecular flexibility index (Phi) is 6.25. The summed E-state index contributed by atoms with van der Waals surface area (Å²) in [4.78, 5) is 14.8. The summed E-state index contributed by atoms with van der Waals surface area (Å²) in [5.74, 6) is 1.14. The van der Waals surface area contributed by atoms with Crippen LogP contribution in [0.4, 0.5) is 5.82 Å². The molecule has 1 unspecified atom stereocenters. The van der Waals surface area contributed by atoms with E-state index < -0.39 is 0 Å². The zero-order chi connectivity index (χ0) is 20.3. The number of nitriles is 1. The lowest BCUT2D eigenvalue weighted by Crippen LogP contribution is -3.08. The number of rotatable bonds is 7. The largest absolute Gasteiger partial charge is 0.467 e. The Balaban J connectivity index is 1.75. The quantitative estimate of drug-likeness (QED) is 0.620. The van der Waals surface area contributed by atoms with Gasteiger partial charge in [-0.1, -0.05) is 11.6 Å². The molecule has 6 nitrogen and oxygen atoms in total. The number of quaternary nitrogens is 1. The summed E-state index contributed by atoms with van der Waals surface area (Å²) >= 11 is 7.49. The Morgan fingerprint density at radius 2 is 2.18 bits per heavy atom. The van der Waals surface area contributed by atoms with Crippen molar-refractivity contribution in [2.45, 2.75) is 26.9 Å². The molecular weight excluding hydrogens is 396 g/mol. The standard InChI is InChI=1S/C20H21ClN4O2S/c1-13-14(2)25(10-15-5-4-8-27-15)20(17(13)9-22)23-19(26)12-24(3)11-16-6-7-18(21)28-16/h4-8H,10-12H2,1-3H3,(H,23,26)/p+1. The number of likely N-dealkylation sites (N-methyl/N-ethyl adjacent to an activating group) is 1. The monoisotopic (exact) mass is 417 g/mol. The zero-order valence-corrected chi connectivity index (χ0v) is 17.6. The number of aromatic nitrogens is 1. The summed E-state index contributed by atoms with van der Waals surface area (Å²) in [7, 11) is 1.96. The predicted molar refractivity (Wildman–Crippen MR) is 110 cm³/mol. The van der Waals surface area contributed by atoms with E-state index in [-0.39, 0.29) is 12.5 Å². The lowest BCUT2D eigenvalue weighted by atomic mass is 10.2. The second-order valence-electron chi connectivity index (χ2n) is 6.78. The van der Waals surface area contributed by atoms with Crippen molar-refractivity contribution >= 4 is 34.7 Å². The fourth-order valence-corrected chi connectivity index (χ4v) is 4.34. The van der Waals surface area contributed by atoms with Crippen molar-refractivity contribution in [2.75, 3.05) is 18.9 Å². The van der Waals surface area contributed by atoms with Gasteiger partial charge in [0.05, 0.1) is 34.6 Å². The zero-order valence-electron chi connectivity index (χ0n) is 16.0. The van der Waals surface area contributed by atoms with Crippen LogP contribution in [-0.2, 0) is 17.9 Å². The van der Waals surface area contributed by atoms with Gasteiger partial charge in [-0.25, -0.2) is 0 Å². The van der Waals surface area contributed by atoms with Crippen LogP contribution < -0.4 is 10.2 Å². The third-order valence-corrected chi connectivity index (χ3v) is 5.89. The fourth-order valence-electron chi connectivity index (χ4n) is 3.14. The second kappa shape index (κ2) is 8.65. The molecule has 0 fully saturated rings. The van der Waals surface area contributed by atoms with Crippen LogP contribution in [0.3, 0.4) is 0 Å². The molecule has 0 spiro atoms. The number of carbonyl (C=O) groups excluding carboxylic acids is 1. The molecule has 2 N–H and O–H groups in total. The van der Waals surface area contributed by atoms with E-state index in [2.05, 4.69) is 11.4 Å². The molecule has 3 aromatic heterocycles. The normalized spacial score (nSPS) is 12.0. The molecule has 3 rings (SSSR count). The van der Waals surface area contributed by atoms with Crippen LogP contribution in [0, 0.1) is 25.2 Å². The topological polar surface area (TPSA) is 75.4 Å². The SMILES string of the molecule is Cc1c(C#N)c(NC(=O)C[NH+](C)Cc2ccc(Cl)s2)n(Cc2ccco2)c1C. The van der Waals surface area contributed by atoms with Gasteiger partial charge in [-0.15, -0.1) is 11.3 Å². The van der Waals surface area contributed by atoms with Gasteiger partial charge in [0.25, 0.3) is 5.91 Å². The number of hydrogen-bond acceptors (Lipinski definition) is 4. The lowest BCUT2D eigenvalue weighted by molar-refractivity contribution is -0.884. The molecule has 0 saturated heterocycles. The molecule has 3 aromatic rings. The number of hydrogen-bond donors (Lipinski definition) is 2. The molecule has 0 saturated carbocycles. The second-order valence-corrected chi connectivity index (χ2v) is 8.58. The fraction of sp³-hybridized carbons (Fsp3) is 0.300. The number of nitrogens with one attached hydrogen (secondary N) is 2. The lowest BCUT2D eigenvalue weighted by Gasteiger charge is -2.15. The van der Waals surface area contributed by atoms with Crippen molar-refractivity contribution in [1.82, 2.24) is 4.57 Å². The van der Waals surface area contributed by atoms with Crippen molar-refractivity contribution in [3.8, 4) is 6.07 Å². The molecule has 8 heteroatoms. The maximum atomic E-state index is 12.7. The van der Waals surface area contributed by atoms with Crippen LogP contribution in [-0.4, -0.2) is 24.1 Å². The Labute approximate surface area is 172 Å². The first kappa shape index (κ1) is 20.2. The Morgan fingerprint density at radius 1 is 1.39 bits per heavy atom. The summed E-state index contributed by atoms with van der Waals surface area (Å²) in [6, 6.07) is 9.75. The average molecular weight is 418 g/mol. The van der Waals surface area contributed by atoms with Crippen molar-refractivity contribution in [3.05, 3.63) is 62.3 Å². The third-order valence-electron chi connectivity index (χ3n) is 4.66. The maximum absolute atomic E-state index is 12.7. The first-order valence-electron chi connectivity index (χ1n) is 8.86. The third kappa shape index (κ3) is 4.47. The van der Waals surface area contributed by atoms with Gasteiger partial charge in [-0.3, -0.25) is 4.79 Å². The minimum absolute atomic E-state index is 0.144. The first-order chi connectivity index (χ1) is 13.4. The van der Waals surface area contributed by atoms with Crippen LogP contribution in [0.1, 0.15) is 27.5 Å². The van der Waals surface area contributed by atoms with Gasteiger partial charge >= 0.3 is 0 Å². The molecule has 146 valence electrons. The molecular formula is C20H22ClN4O2S+. The van der Waals surface area contributed by atoms with Crippen LogP contribution in [0.25, 0.3) is 0 Å². The summed E-state index contributed by atoms with van der Waals surface area (Å²) in [5, 5.41) is 12.5. The van der Waals surface area contributed by atoms with E-state index in [0.29, 0.717) is 24.5 Å². The molecule has 0 bridgehead atoms. The number of nitrogens with zero attached hydrogens (tertiary/aromatic N) is 2. The predicted octanol–water partition coefficient (Wildman–Crippen LogP) is 2.99. The van der Waals surface area contributed by atoms with Gasteiger partial charge in [0.15, 0.2) is 6.54 Å². The van der Waals surface area contributed by atoms with Crippen LogP contribution in [0.15, 0.2) is 34.9 Å². The smallest absolute Gasteiger partial charge is 0.280 e. The van der Waals surface area contributed by atoms with E-state index in [1.807, 2.05) is 49.7 Å². The van der Waals surface area contributed by atoms with Gasteiger partial charge in [0.1, 0.15) is 24.2 Å². The molecule has 0 aliphatic heterocycles. The van der Waals surface area contributed by atoms with Crippen molar-refractivity contribution in [2.24, 2.45) is 0 Å². The van der Waals surface area contributed by atoms with Crippen LogP contribution in [0.2, 0.25) is 4.34 Å². The minimum atomic E-state index is -0.144. The van der Waals surface area contributed by atoms with Gasteiger partial charge in [-0.2, -0.15) is 5.26 Å². The van der Waals surface area contributed by atoms with Gasteiger partial charge in [-0.05, 0) is 43.7 Å². The Morgan fingerprint density at radius 3 is 2.79 bits per heavy atom. The van der Waals surface area contributed by atoms with Gasteiger partial charge in [0.2, 0.25) is 0 Å². The van der Waals surface area contributed by atoms with Crippen molar-refractivity contribution < 1.29 is 14.1 Å². The van der Waals surface area contributed by atoms with Gasteiger partial charge in [0, 0.05) is 5.69 Å². The summed E-state index contributed by atoms with van der Waals surface area (Å²) in [6.45, 7) is 5.27. The highest BCUT2D eigenvalue weighted by Gasteiger charge is 2.21. The summed E-state index contributed by atoms with van der Waals surface area (Å²) in [5.41, 5.74) is 2.27. The molecule has 0 radical (unpaired) electrons. The number of thiophene rings is 1. The number of halogens is 1. The molecule has 3 heterocycles. The van der Waals surface area contributed by atoms with E-state index in [9.17, 15) is 10.1 Å². The molecule has 0 aliphatic rings. The number of amides is 1. The van der Waals surface area contributed by atoms with E-state index in [4.69, 9.17) is 16.0 Å². The Hall–Kier alpha value is -2.53. The van der Waals surface area contributed by atoms with Crippen molar-refractivity contribution in [1.29, 1.82) is 5.26 Å². The Bertz CT molecular complexity index is 1010. The van der Waals surface area contributed by atoms with E-state index in [0.717, 1.165) is 31.1 Å². The molecule has 0 aromatic carbocycles. The molecule has 1 atom stereocenters. The highest BCUT2D eigenvalue weighted by atomic mass is 35.5. The van der Waals surface area contributed by atoms with E-state index >= 15 is 0 Å². The van der Waals surface area contributed by atoms with Crippen molar-refractivity contribution in [3.63, 3.8) is 0 Å². The number of anilines is 1. The maximum Gasteiger partial charge on any atom is 0.280 e. The van der Waals surface area contributed by atoms with E-state index in [1.165, 1.54) is 11.3 Å². The number of carbonyl (C=O) groups is 1. The molecule has 0 aliphatic carbocycles. The van der Waals surface area contributed by atoms with Gasteiger partial charge < -0.3 is 19.2 Å². The van der Waals surface area contributed by atoms with E-state index in [1.54, 1.807) is 6.26 Å². The average Bonchev–Trinajstić information content (AvgIpc) is 3.34. The first-order valence-corrected chi connectivity index (χ1v) is 10.1. The highest BCUT2D eigenvalue weighted by Crippen LogP contribution is 2.27. The molecule has 1 amide bonds. The van der Waals surface area contributed by atoms with Crippen LogP contribution in [0.5, 0.6) is 0 Å². The van der Waals surface area contributed by atoms with Crippen LogP contribution >= 0.6 is 22.9 Å².